The highest BCUT2D eigenvalue weighted by Crippen LogP contribution is 2.51. The zero-order chi connectivity index (χ0) is 17.5. The van der Waals surface area contributed by atoms with Crippen LogP contribution < -0.4 is 0 Å². The second-order valence-electron chi connectivity index (χ2n) is 8.69. The maximum Gasteiger partial charge on any atom is 0.330 e. The number of benzene rings is 1. The maximum absolute atomic E-state index is 11.5. The van der Waals surface area contributed by atoms with Crippen LogP contribution in [0.3, 0.4) is 0 Å². The number of hydrogen-bond acceptors (Lipinski definition) is 2. The van der Waals surface area contributed by atoms with Gasteiger partial charge in [0, 0.05) is 6.08 Å². The second-order valence-corrected chi connectivity index (χ2v) is 8.69. The van der Waals surface area contributed by atoms with Crippen molar-refractivity contribution in [2.24, 2.45) is 5.92 Å². The monoisotopic (exact) mass is 326 g/mol. The van der Waals surface area contributed by atoms with Crippen LogP contribution in [0.15, 0.2) is 30.4 Å². The highest BCUT2D eigenvalue weighted by Gasteiger charge is 2.40. The number of carbonyl (C=O) groups is 1. The van der Waals surface area contributed by atoms with Gasteiger partial charge >= 0.3 is 5.97 Å². The molecule has 0 heterocycles. The molecule has 2 aliphatic carbocycles. The van der Waals surface area contributed by atoms with Crippen LogP contribution in [0.1, 0.15) is 76.5 Å². The third kappa shape index (κ3) is 3.29. The first-order valence-electron chi connectivity index (χ1n) is 9.24. The van der Waals surface area contributed by atoms with Crippen LogP contribution in [-0.2, 0) is 20.4 Å². The molecule has 0 saturated heterocycles. The Bertz CT molecular complexity index is 667. The van der Waals surface area contributed by atoms with Crippen molar-refractivity contribution in [3.63, 3.8) is 0 Å². The molecular weight excluding hydrogens is 296 g/mol. The van der Waals surface area contributed by atoms with Crippen molar-refractivity contribution >= 4 is 5.97 Å². The minimum absolute atomic E-state index is 0.225. The molecule has 3 rings (SSSR count). The van der Waals surface area contributed by atoms with Crippen molar-refractivity contribution in [1.82, 2.24) is 0 Å². The second kappa shape index (κ2) is 6.06. The van der Waals surface area contributed by atoms with Gasteiger partial charge in [0.05, 0.1) is 6.61 Å². The number of rotatable bonds is 4. The van der Waals surface area contributed by atoms with Crippen LogP contribution in [0.5, 0.6) is 0 Å². The molecule has 2 unspecified atom stereocenters. The molecule has 0 radical (unpaired) electrons. The van der Waals surface area contributed by atoms with E-state index in [1.807, 2.05) is 13.0 Å². The lowest BCUT2D eigenvalue weighted by Crippen LogP contribution is -2.33. The van der Waals surface area contributed by atoms with Crippen LogP contribution in [0.4, 0.5) is 0 Å². The number of carbonyl (C=O) groups excluding carboxylic acids is 1. The lowest BCUT2D eigenvalue weighted by molar-refractivity contribution is -0.137. The van der Waals surface area contributed by atoms with Crippen LogP contribution >= 0.6 is 0 Å². The third-order valence-corrected chi connectivity index (χ3v) is 5.91. The van der Waals surface area contributed by atoms with E-state index in [0.29, 0.717) is 18.4 Å². The van der Waals surface area contributed by atoms with E-state index in [4.69, 9.17) is 4.74 Å². The first-order valence-corrected chi connectivity index (χ1v) is 9.24. The Kier molecular flexibility index (Phi) is 4.36. The predicted octanol–water partition coefficient (Wildman–Crippen LogP) is 5.26. The van der Waals surface area contributed by atoms with Gasteiger partial charge in [0.1, 0.15) is 0 Å². The molecule has 0 aliphatic heterocycles. The first kappa shape index (κ1) is 17.3. The molecule has 2 heteroatoms. The van der Waals surface area contributed by atoms with Crippen molar-refractivity contribution in [2.75, 3.05) is 6.61 Å². The summed E-state index contributed by atoms with van der Waals surface area (Å²) in [5.41, 5.74) is 5.00. The van der Waals surface area contributed by atoms with Crippen LogP contribution in [-0.4, -0.2) is 12.6 Å². The maximum atomic E-state index is 11.5. The van der Waals surface area contributed by atoms with Crippen molar-refractivity contribution in [2.45, 2.75) is 70.6 Å². The SMILES string of the molecule is CCOC(=O)C=CC1CC1c1ccc2c(c1)C(C)(C)CCC2(C)C. The zero-order valence-corrected chi connectivity index (χ0v) is 15.7. The lowest BCUT2D eigenvalue weighted by atomic mass is 9.63. The molecule has 0 aromatic heterocycles. The Morgan fingerprint density at radius 3 is 2.50 bits per heavy atom. The Morgan fingerprint density at radius 2 is 1.83 bits per heavy atom. The van der Waals surface area contributed by atoms with E-state index in [1.165, 1.54) is 29.5 Å². The summed E-state index contributed by atoms with van der Waals surface area (Å²) in [5.74, 6) is 0.811. The molecule has 1 fully saturated rings. The quantitative estimate of drug-likeness (QED) is 0.557. The summed E-state index contributed by atoms with van der Waals surface area (Å²) in [6.07, 6.45) is 7.25. The standard InChI is InChI=1S/C22H30O2/c1-6-24-20(23)10-8-15-13-17(15)16-7-9-18-19(14-16)22(4,5)12-11-21(18,2)3/h7-10,14-15,17H,6,11-13H2,1-5H3. The summed E-state index contributed by atoms with van der Waals surface area (Å²) in [7, 11) is 0. The van der Waals surface area contributed by atoms with Crippen molar-refractivity contribution in [1.29, 1.82) is 0 Å². The highest BCUT2D eigenvalue weighted by atomic mass is 16.5. The molecule has 2 aliphatic rings. The predicted molar refractivity (Wildman–Crippen MR) is 98.3 cm³/mol. The van der Waals surface area contributed by atoms with Crippen molar-refractivity contribution in [3.05, 3.63) is 47.0 Å². The van der Waals surface area contributed by atoms with Crippen LogP contribution in [0.2, 0.25) is 0 Å². The van der Waals surface area contributed by atoms with E-state index in [9.17, 15) is 4.79 Å². The molecule has 130 valence electrons. The molecule has 1 aromatic rings. The summed E-state index contributed by atoms with van der Waals surface area (Å²) in [6, 6.07) is 7.11. The first-order chi connectivity index (χ1) is 11.2. The van der Waals surface area contributed by atoms with Gasteiger partial charge in [-0.05, 0) is 65.5 Å². The average molecular weight is 326 g/mol. The third-order valence-electron chi connectivity index (χ3n) is 5.91. The number of fused-ring (bicyclic) bond motifs is 1. The Hall–Kier alpha value is -1.57. The Morgan fingerprint density at radius 1 is 1.17 bits per heavy atom. The van der Waals surface area contributed by atoms with E-state index in [0.717, 1.165) is 6.42 Å². The van der Waals surface area contributed by atoms with Gasteiger partial charge in [-0.2, -0.15) is 0 Å². The molecule has 2 atom stereocenters. The van der Waals surface area contributed by atoms with Crippen molar-refractivity contribution in [3.8, 4) is 0 Å². The molecular formula is C22H30O2. The normalized spacial score (nSPS) is 26.9. The average Bonchev–Trinajstić information content (AvgIpc) is 3.30. The molecule has 0 spiro atoms. The largest absolute Gasteiger partial charge is 0.463 e. The van der Waals surface area contributed by atoms with E-state index in [2.05, 4.69) is 45.9 Å². The van der Waals surface area contributed by atoms with Gasteiger partial charge in [0.2, 0.25) is 0 Å². The fourth-order valence-electron chi connectivity index (χ4n) is 4.04. The van der Waals surface area contributed by atoms with Gasteiger partial charge in [-0.25, -0.2) is 4.79 Å². The fraction of sp³-hybridized carbons (Fsp3) is 0.591. The highest BCUT2D eigenvalue weighted by molar-refractivity contribution is 5.82. The number of allylic oxidation sites excluding steroid dienone is 1. The number of hydrogen-bond donors (Lipinski definition) is 0. The van der Waals surface area contributed by atoms with Gasteiger partial charge in [-0.1, -0.05) is 52.0 Å². The van der Waals surface area contributed by atoms with Gasteiger partial charge in [0.15, 0.2) is 0 Å². The Balaban J connectivity index is 1.79. The summed E-state index contributed by atoms with van der Waals surface area (Å²) >= 11 is 0. The smallest absolute Gasteiger partial charge is 0.330 e. The minimum atomic E-state index is -0.225. The van der Waals surface area contributed by atoms with E-state index in [1.54, 1.807) is 6.08 Å². The molecule has 1 aromatic carbocycles. The van der Waals surface area contributed by atoms with Gasteiger partial charge in [-0.15, -0.1) is 0 Å². The van der Waals surface area contributed by atoms with Gasteiger partial charge in [-0.3, -0.25) is 0 Å². The summed E-state index contributed by atoms with van der Waals surface area (Å²) in [5, 5.41) is 0. The topological polar surface area (TPSA) is 26.3 Å². The van der Waals surface area contributed by atoms with Gasteiger partial charge < -0.3 is 4.74 Å². The van der Waals surface area contributed by atoms with E-state index >= 15 is 0 Å². The van der Waals surface area contributed by atoms with Crippen LogP contribution in [0.25, 0.3) is 0 Å². The summed E-state index contributed by atoms with van der Waals surface area (Å²) in [4.78, 5) is 11.5. The molecule has 0 bridgehead atoms. The fourth-order valence-corrected chi connectivity index (χ4v) is 4.04. The summed E-state index contributed by atoms with van der Waals surface area (Å²) in [6.45, 7) is 11.7. The number of ether oxygens (including phenoxy) is 1. The number of esters is 1. The van der Waals surface area contributed by atoms with Crippen molar-refractivity contribution < 1.29 is 9.53 Å². The zero-order valence-electron chi connectivity index (χ0n) is 15.7. The molecule has 0 N–H and O–H groups in total. The minimum Gasteiger partial charge on any atom is -0.463 e. The van der Waals surface area contributed by atoms with E-state index in [-0.39, 0.29) is 16.8 Å². The summed E-state index contributed by atoms with van der Waals surface area (Å²) < 4.78 is 4.96. The van der Waals surface area contributed by atoms with E-state index < -0.39 is 0 Å². The Labute approximate surface area is 146 Å². The lowest BCUT2D eigenvalue weighted by Gasteiger charge is -2.42. The molecule has 1 saturated carbocycles. The molecule has 2 nitrogen and oxygen atoms in total. The van der Waals surface area contributed by atoms with Crippen LogP contribution in [0, 0.1) is 5.92 Å². The van der Waals surface area contributed by atoms with Gasteiger partial charge in [0.25, 0.3) is 0 Å². The molecule has 0 amide bonds. The molecule has 24 heavy (non-hydrogen) atoms.